The molecule has 0 spiro atoms. The molecule has 0 radical (unpaired) electrons. The first-order valence-corrected chi connectivity index (χ1v) is 9.77. The van der Waals surface area contributed by atoms with Crippen molar-refractivity contribution >= 4 is 23.8 Å². The molecule has 0 aromatic heterocycles. The van der Waals surface area contributed by atoms with Gasteiger partial charge in [-0.25, -0.2) is 4.79 Å². The summed E-state index contributed by atoms with van der Waals surface area (Å²) in [4.78, 5) is 41.5. The minimum atomic E-state index is -0.404. The van der Waals surface area contributed by atoms with Crippen LogP contribution in [0.2, 0.25) is 0 Å². The number of ketones is 2. The molecule has 156 valence electrons. The summed E-state index contributed by atoms with van der Waals surface area (Å²) in [6.07, 6.45) is 7.50. The smallest absolute Gasteiger partial charge is 0.334 e. The molecule has 0 heterocycles. The Morgan fingerprint density at radius 3 is 2.34 bits per heavy atom. The minimum Gasteiger partial charge on any atom is -0.496 e. The fourth-order valence-corrected chi connectivity index (χ4v) is 3.26. The maximum absolute atomic E-state index is 12.6. The number of unbranched alkanes of at least 4 members (excludes halogenated alkanes) is 1. The molecule has 1 unspecified atom stereocenters. The Labute approximate surface area is 170 Å². The van der Waals surface area contributed by atoms with Crippen LogP contribution in [0, 0.1) is 0 Å². The monoisotopic (exact) mass is 401 g/mol. The van der Waals surface area contributed by atoms with Gasteiger partial charge in [0, 0.05) is 17.9 Å². The standard InChI is InChI=1S/C22H27NO6/c1-5-7-9-14(13-23-29-19(26)8-6-2)15-12-18(27-3)20-16(24)10-11-17(25)21(20)22(15)28-4/h10-14H,5-9H2,1-4H3. The zero-order chi connectivity index (χ0) is 21.4. The molecule has 0 saturated carbocycles. The highest BCUT2D eigenvalue weighted by Crippen LogP contribution is 2.41. The van der Waals surface area contributed by atoms with Crippen molar-refractivity contribution in [3.05, 3.63) is 34.9 Å². The van der Waals surface area contributed by atoms with Crippen LogP contribution in [0.1, 0.15) is 78.1 Å². The SMILES string of the molecule is CCCCC(C=NOC(=O)CCC)c1cc(OC)c2c(c1OC)C(=O)C=CC2=O. The maximum atomic E-state index is 12.6. The molecule has 1 aromatic carbocycles. The Morgan fingerprint density at radius 1 is 1.07 bits per heavy atom. The van der Waals surface area contributed by atoms with Crippen LogP contribution in [0.5, 0.6) is 11.5 Å². The first-order chi connectivity index (χ1) is 14.0. The van der Waals surface area contributed by atoms with Gasteiger partial charge in [-0.1, -0.05) is 31.8 Å². The van der Waals surface area contributed by atoms with E-state index in [1.807, 2.05) is 6.92 Å². The molecular formula is C22H27NO6. The molecule has 1 aliphatic rings. The predicted octanol–water partition coefficient (Wildman–Crippen LogP) is 4.24. The van der Waals surface area contributed by atoms with Crippen molar-refractivity contribution < 1.29 is 28.7 Å². The molecule has 0 bridgehead atoms. The van der Waals surface area contributed by atoms with Crippen LogP contribution in [-0.2, 0) is 9.63 Å². The number of carbonyl (C=O) groups is 3. The van der Waals surface area contributed by atoms with Gasteiger partial charge < -0.3 is 14.3 Å². The third-order valence-corrected chi connectivity index (χ3v) is 4.69. The number of rotatable bonds is 10. The average molecular weight is 401 g/mol. The zero-order valence-electron chi connectivity index (χ0n) is 17.3. The van der Waals surface area contributed by atoms with Gasteiger partial charge in [0.05, 0.1) is 31.6 Å². The van der Waals surface area contributed by atoms with E-state index in [0.717, 1.165) is 12.8 Å². The number of fused-ring (bicyclic) bond motifs is 1. The average Bonchev–Trinajstić information content (AvgIpc) is 2.72. The summed E-state index contributed by atoms with van der Waals surface area (Å²) >= 11 is 0. The van der Waals surface area contributed by atoms with E-state index < -0.39 is 5.97 Å². The largest absolute Gasteiger partial charge is 0.496 e. The van der Waals surface area contributed by atoms with E-state index in [1.165, 1.54) is 32.6 Å². The Balaban J connectivity index is 2.54. The van der Waals surface area contributed by atoms with Crippen LogP contribution in [0.25, 0.3) is 0 Å². The van der Waals surface area contributed by atoms with Crippen LogP contribution in [-0.4, -0.2) is 38.0 Å². The Kier molecular flexibility index (Phi) is 8.12. The summed E-state index contributed by atoms with van der Waals surface area (Å²) in [6, 6.07) is 1.70. The van der Waals surface area contributed by atoms with Gasteiger partial charge in [0.25, 0.3) is 0 Å². The van der Waals surface area contributed by atoms with Crippen molar-refractivity contribution in [1.29, 1.82) is 0 Å². The van der Waals surface area contributed by atoms with Crippen LogP contribution < -0.4 is 9.47 Å². The maximum Gasteiger partial charge on any atom is 0.334 e. The van der Waals surface area contributed by atoms with E-state index in [-0.39, 0.29) is 35.0 Å². The molecule has 7 heteroatoms. The van der Waals surface area contributed by atoms with Gasteiger partial charge in [-0.3, -0.25) is 9.59 Å². The van der Waals surface area contributed by atoms with Crippen LogP contribution in [0.4, 0.5) is 0 Å². The van der Waals surface area contributed by atoms with Gasteiger partial charge in [0.15, 0.2) is 11.6 Å². The van der Waals surface area contributed by atoms with E-state index in [9.17, 15) is 14.4 Å². The highest BCUT2D eigenvalue weighted by molar-refractivity contribution is 6.24. The van der Waals surface area contributed by atoms with Gasteiger partial charge in [-0.2, -0.15) is 0 Å². The second-order valence-corrected chi connectivity index (χ2v) is 6.73. The molecule has 1 atom stereocenters. The van der Waals surface area contributed by atoms with Crippen molar-refractivity contribution in [3.63, 3.8) is 0 Å². The third kappa shape index (κ3) is 5.10. The van der Waals surface area contributed by atoms with E-state index >= 15 is 0 Å². The van der Waals surface area contributed by atoms with Crippen LogP contribution in [0.15, 0.2) is 23.4 Å². The fraction of sp³-hybridized carbons (Fsp3) is 0.455. The van der Waals surface area contributed by atoms with Crippen LogP contribution in [0.3, 0.4) is 0 Å². The second-order valence-electron chi connectivity index (χ2n) is 6.73. The van der Waals surface area contributed by atoms with Gasteiger partial charge in [0.1, 0.15) is 11.5 Å². The molecular weight excluding hydrogens is 374 g/mol. The zero-order valence-corrected chi connectivity index (χ0v) is 17.3. The topological polar surface area (TPSA) is 91.3 Å². The summed E-state index contributed by atoms with van der Waals surface area (Å²) in [5.74, 6) is -0.704. The quantitative estimate of drug-likeness (QED) is 0.331. The Hall–Kier alpha value is -2.96. The number of hydrogen-bond donors (Lipinski definition) is 0. The highest BCUT2D eigenvalue weighted by atomic mass is 16.7. The number of oxime groups is 1. The number of allylic oxidation sites excluding steroid dienone is 2. The van der Waals surface area contributed by atoms with Crippen molar-refractivity contribution in [2.75, 3.05) is 14.2 Å². The molecule has 29 heavy (non-hydrogen) atoms. The van der Waals surface area contributed by atoms with Crippen molar-refractivity contribution in [3.8, 4) is 11.5 Å². The molecule has 7 nitrogen and oxygen atoms in total. The number of ether oxygens (including phenoxy) is 2. The molecule has 0 amide bonds. The van der Waals surface area contributed by atoms with Crippen molar-refractivity contribution in [2.45, 2.75) is 51.9 Å². The molecule has 0 saturated heterocycles. The molecule has 1 aromatic rings. The van der Waals surface area contributed by atoms with E-state index in [0.29, 0.717) is 29.9 Å². The minimum absolute atomic E-state index is 0.187. The van der Waals surface area contributed by atoms with E-state index in [1.54, 1.807) is 6.07 Å². The second kappa shape index (κ2) is 10.5. The molecule has 0 aliphatic heterocycles. The summed E-state index contributed by atoms with van der Waals surface area (Å²) in [5.41, 5.74) is 1.04. The number of methoxy groups -OCH3 is 2. The van der Waals surface area contributed by atoms with E-state index in [4.69, 9.17) is 14.3 Å². The normalized spacial score (nSPS) is 14.1. The third-order valence-electron chi connectivity index (χ3n) is 4.69. The first kappa shape index (κ1) is 22.3. The highest BCUT2D eigenvalue weighted by Gasteiger charge is 2.31. The molecule has 2 rings (SSSR count). The van der Waals surface area contributed by atoms with E-state index in [2.05, 4.69) is 12.1 Å². The lowest BCUT2D eigenvalue weighted by molar-refractivity contribution is -0.143. The number of hydrogen-bond acceptors (Lipinski definition) is 7. The number of benzene rings is 1. The van der Waals surface area contributed by atoms with Gasteiger partial charge >= 0.3 is 5.97 Å². The lowest BCUT2D eigenvalue weighted by Crippen LogP contribution is -2.17. The summed E-state index contributed by atoms with van der Waals surface area (Å²) in [7, 11) is 2.90. The lowest BCUT2D eigenvalue weighted by atomic mass is 9.85. The molecule has 0 N–H and O–H groups in total. The predicted molar refractivity (Wildman–Crippen MR) is 109 cm³/mol. The fourth-order valence-electron chi connectivity index (χ4n) is 3.26. The van der Waals surface area contributed by atoms with Crippen molar-refractivity contribution in [1.82, 2.24) is 0 Å². The summed E-state index contributed by atoms with van der Waals surface area (Å²) in [6.45, 7) is 3.94. The number of nitrogens with zero attached hydrogens (tertiary/aromatic N) is 1. The molecule has 0 fully saturated rings. The van der Waals surface area contributed by atoms with Gasteiger partial charge in [0.2, 0.25) is 0 Å². The van der Waals surface area contributed by atoms with Crippen molar-refractivity contribution in [2.24, 2.45) is 5.16 Å². The first-order valence-electron chi connectivity index (χ1n) is 9.77. The lowest BCUT2D eigenvalue weighted by Gasteiger charge is -2.23. The summed E-state index contributed by atoms with van der Waals surface area (Å²) in [5, 5.41) is 3.86. The number of carbonyl (C=O) groups excluding carboxylic acids is 3. The molecule has 1 aliphatic carbocycles. The van der Waals surface area contributed by atoms with Crippen LogP contribution >= 0.6 is 0 Å². The van der Waals surface area contributed by atoms with Gasteiger partial charge in [-0.05, 0) is 31.1 Å². The Morgan fingerprint density at radius 2 is 1.76 bits per heavy atom. The Bertz CT molecular complexity index is 840. The van der Waals surface area contributed by atoms with Gasteiger partial charge in [-0.15, -0.1) is 0 Å². The summed E-state index contributed by atoms with van der Waals surface area (Å²) < 4.78 is 11.0.